The molecule has 0 fully saturated rings. The van der Waals surface area contributed by atoms with Crippen molar-refractivity contribution in [2.24, 2.45) is 0 Å². The topological polar surface area (TPSA) is 63.6 Å². The van der Waals surface area contributed by atoms with Gasteiger partial charge in [0.1, 0.15) is 12.4 Å². The summed E-state index contributed by atoms with van der Waals surface area (Å²) in [4.78, 5) is 22.3. The summed E-state index contributed by atoms with van der Waals surface area (Å²) in [6.45, 7) is 66.7. The highest BCUT2D eigenvalue weighted by Gasteiger charge is 2.16. The molecule has 0 spiro atoms. The van der Waals surface area contributed by atoms with Gasteiger partial charge in [-0.05, 0) is 249 Å². The number of fused-ring (bicyclic) bond motifs is 1. The van der Waals surface area contributed by atoms with Crippen LogP contribution in [0.2, 0.25) is 5.02 Å². The van der Waals surface area contributed by atoms with Gasteiger partial charge in [0.15, 0.2) is 11.6 Å². The molecule has 7 unspecified atom stereocenters. The Labute approximate surface area is 690 Å². The lowest BCUT2D eigenvalue weighted by Crippen LogP contribution is -2.07. The first-order chi connectivity index (χ1) is 49.0. The zero-order valence-corrected chi connectivity index (χ0v) is 74.2. The van der Waals surface area contributed by atoms with Crippen molar-refractivity contribution in [3.63, 3.8) is 0 Å². The van der Waals surface area contributed by atoms with Crippen molar-refractivity contribution in [1.82, 2.24) is 0 Å². The van der Waals surface area contributed by atoms with Gasteiger partial charge in [0, 0.05) is 20.6 Å². The van der Waals surface area contributed by atoms with E-state index >= 15 is 0 Å². The van der Waals surface area contributed by atoms with E-state index in [0.717, 1.165) is 40.7 Å². The van der Waals surface area contributed by atoms with E-state index in [1.807, 2.05) is 145 Å². The van der Waals surface area contributed by atoms with E-state index in [1.54, 1.807) is 36.8 Å². The number of carbonyl (C=O) groups is 2. The van der Waals surface area contributed by atoms with Crippen molar-refractivity contribution in [3.05, 3.63) is 239 Å². The van der Waals surface area contributed by atoms with Crippen LogP contribution in [0.25, 0.3) is 0 Å². The molecule has 8 rings (SSSR count). The molecule has 1 aliphatic carbocycles. The Morgan fingerprint density at radius 2 is 0.731 bits per heavy atom. The highest BCUT2D eigenvalue weighted by Crippen LogP contribution is 2.31. The lowest BCUT2D eigenvalue weighted by Gasteiger charge is -2.22. The minimum absolute atomic E-state index is 0. The van der Waals surface area contributed by atoms with Crippen molar-refractivity contribution in [3.8, 4) is 5.75 Å². The standard InChI is InChI=1S/C14H20.C12H16O2.C12H18O.C12H16O.C12H18.C10H13Br.C10H13Cl.7C2H6.6CH4/c1-3-11(2)13-10-6-8-12-7-4-5-9-14(12)13;1-3-9(2)10-5-4-6-11(7-10)12(14)8-13;1-5-9(2)11-6-7-12(13-4)10(3)8-11;1-4-9(2)11-6-5-7-12(8-11)10(3)13;1-5-9(2)12-7-6-10(3)11(4)8-12;1-3-8(2)9-5-4-6-10(11)7-9;1-3-8(2)9-4-6-10(11)7-5-9;7*1-2;;;;;;/h6,8,10-11H,3-5,7,9H2,1-2H3;4-7,9,13H,3,8H2,1-2H3;6-9H,5H2,1-4H3;5-9H,4H2,1-3H3;6-9H,5H2,1-4H3;2*4-8H,3H2,1-2H3;7*1-2H3;6*1H4. The van der Waals surface area contributed by atoms with Gasteiger partial charge in [0.05, 0.1) is 7.11 Å². The maximum atomic E-state index is 11.2. The summed E-state index contributed by atoms with van der Waals surface area (Å²) in [7, 11) is 1.71. The number of aryl methyl sites for hydroxylation is 4. The summed E-state index contributed by atoms with van der Waals surface area (Å²) < 4.78 is 6.39. The largest absolute Gasteiger partial charge is 0.496 e. The van der Waals surface area contributed by atoms with Crippen LogP contribution in [-0.4, -0.2) is 30.4 Å². The average Bonchev–Trinajstić information content (AvgIpc) is 0.821. The second kappa shape index (κ2) is 83.9. The molecule has 0 bridgehead atoms. The lowest BCUT2D eigenvalue weighted by molar-refractivity contribution is 0.0903. The third-order valence-corrected chi connectivity index (χ3v) is 18.7. The molecule has 7 aromatic carbocycles. The highest BCUT2D eigenvalue weighted by molar-refractivity contribution is 9.10. The van der Waals surface area contributed by atoms with Crippen molar-refractivity contribution in [2.45, 2.75) is 378 Å². The Morgan fingerprint density at radius 3 is 1.10 bits per heavy atom. The van der Waals surface area contributed by atoms with Crippen molar-refractivity contribution >= 4 is 39.1 Å². The number of rotatable bonds is 18. The number of ether oxygens (including phenoxy) is 1. The molecule has 0 heterocycles. The number of hydrogen-bond acceptors (Lipinski definition) is 4. The normalized spacial score (nSPS) is 11.4. The number of ketones is 2. The Morgan fingerprint density at radius 1 is 0.398 bits per heavy atom. The molecule has 0 amide bonds. The maximum absolute atomic E-state index is 11.2. The van der Waals surface area contributed by atoms with Gasteiger partial charge in [-0.15, -0.1) is 0 Å². The summed E-state index contributed by atoms with van der Waals surface area (Å²) in [5, 5.41) is 9.54. The quantitative estimate of drug-likeness (QED) is 0.0870. The molecular formula is C102H180BrClO4. The Hall–Kier alpha value is -5.59. The summed E-state index contributed by atoms with van der Waals surface area (Å²) in [6, 6.07) is 52.1. The predicted octanol–water partition coefficient (Wildman–Crippen LogP) is 36.0. The number of methoxy groups -OCH3 is 1. The van der Waals surface area contributed by atoms with Gasteiger partial charge in [-0.25, -0.2) is 0 Å². The van der Waals surface area contributed by atoms with Crippen molar-refractivity contribution < 1.29 is 19.4 Å². The summed E-state index contributed by atoms with van der Waals surface area (Å²) in [6.07, 6.45) is 13.6. The number of halogens is 2. The second-order valence-electron chi connectivity index (χ2n) is 24.4. The molecule has 7 atom stereocenters. The van der Waals surface area contributed by atoms with Gasteiger partial charge >= 0.3 is 0 Å². The molecule has 0 aromatic heterocycles. The molecule has 0 saturated carbocycles. The van der Waals surface area contributed by atoms with Gasteiger partial charge in [-0.3, -0.25) is 9.59 Å². The number of aliphatic hydroxyl groups is 1. The molecule has 6 heteroatoms. The minimum atomic E-state index is -0.413. The lowest BCUT2D eigenvalue weighted by atomic mass is 9.83. The number of Topliss-reactive ketones (excluding diaryl/α,β-unsaturated/α-hetero) is 2. The number of benzene rings is 7. The predicted molar refractivity (Wildman–Crippen MR) is 507 cm³/mol. The van der Waals surface area contributed by atoms with E-state index < -0.39 is 6.61 Å². The maximum Gasteiger partial charge on any atom is 0.188 e. The number of carbonyl (C=O) groups excluding carboxylic acids is 2. The Kier molecular flexibility index (Phi) is 100. The van der Waals surface area contributed by atoms with Crippen LogP contribution in [0.5, 0.6) is 5.75 Å². The summed E-state index contributed by atoms with van der Waals surface area (Å²) in [5.74, 6) is 5.31. The molecule has 1 N–H and O–H groups in total. The van der Waals surface area contributed by atoms with Crippen LogP contribution in [0.4, 0.5) is 0 Å². The zero-order chi connectivity index (χ0) is 79.9. The molecule has 0 saturated heterocycles. The van der Waals surface area contributed by atoms with Gasteiger partial charge in [-0.1, -0.05) is 375 Å². The monoisotopic (exact) mass is 1580 g/mol. The minimum Gasteiger partial charge on any atom is -0.496 e. The third kappa shape index (κ3) is 54.1. The number of aliphatic hydroxyl groups excluding tert-OH is 1. The van der Waals surface area contributed by atoms with E-state index in [0.29, 0.717) is 41.1 Å². The van der Waals surface area contributed by atoms with E-state index in [-0.39, 0.29) is 56.1 Å². The molecule has 626 valence electrons. The first-order valence-electron chi connectivity index (χ1n) is 40.2. The first kappa shape index (κ1) is 129. The third-order valence-electron chi connectivity index (χ3n) is 18.0. The first-order valence-corrected chi connectivity index (χ1v) is 41.3. The molecule has 4 nitrogen and oxygen atoms in total. The van der Waals surface area contributed by atoms with Gasteiger partial charge in [0.2, 0.25) is 0 Å². The summed E-state index contributed by atoms with van der Waals surface area (Å²) >= 11 is 9.22. The Balaban J connectivity index is -0.0000000960. The van der Waals surface area contributed by atoms with Crippen LogP contribution in [0.3, 0.4) is 0 Å². The number of hydrogen-bond donors (Lipinski definition) is 1. The molecule has 1 aliphatic rings. The van der Waals surface area contributed by atoms with Crippen molar-refractivity contribution in [1.29, 1.82) is 0 Å². The molecule has 0 radical (unpaired) electrons. The highest BCUT2D eigenvalue weighted by atomic mass is 79.9. The fraction of sp³-hybridized carbons (Fsp3) is 0.569. The van der Waals surface area contributed by atoms with E-state index in [1.165, 1.54) is 107 Å². The SMILES string of the molecule is C.C.C.C.C.C.CC.CC.CC.CC.CC.CC.CC.CCC(C)c1ccc(C)c(C)c1.CCC(C)c1ccc(Cl)cc1.CCC(C)c1ccc(OC)c(C)c1.CCC(C)c1cccc(Br)c1.CCC(C)c1cccc(C(=O)CO)c1.CCC(C)c1cccc(C(C)=O)c1.CCC(C)c1cccc2c1CCCC2. The second-order valence-corrected chi connectivity index (χ2v) is 25.8. The van der Waals surface area contributed by atoms with Crippen LogP contribution in [-0.2, 0) is 12.8 Å². The zero-order valence-electron chi connectivity index (χ0n) is 71.9. The van der Waals surface area contributed by atoms with E-state index in [2.05, 4.69) is 231 Å². The van der Waals surface area contributed by atoms with Crippen molar-refractivity contribution in [2.75, 3.05) is 13.7 Å². The van der Waals surface area contributed by atoms with Gasteiger partial charge in [0.25, 0.3) is 0 Å². The van der Waals surface area contributed by atoms with Crippen LogP contribution in [0, 0.1) is 20.8 Å². The van der Waals surface area contributed by atoms with Gasteiger partial charge < -0.3 is 9.84 Å². The van der Waals surface area contributed by atoms with E-state index in [4.69, 9.17) is 21.4 Å². The molecule has 108 heavy (non-hydrogen) atoms. The van der Waals surface area contributed by atoms with Crippen LogP contribution in [0.1, 0.15) is 432 Å². The Bertz CT molecular complexity index is 3090. The smallest absolute Gasteiger partial charge is 0.188 e. The molecule has 7 aromatic rings. The van der Waals surface area contributed by atoms with Crippen LogP contribution in [0.15, 0.2) is 156 Å². The molecular weight excluding hydrogens is 1400 g/mol. The average molecular weight is 1590 g/mol. The fourth-order valence-corrected chi connectivity index (χ4v) is 10.5. The fourth-order valence-electron chi connectivity index (χ4n) is 9.96. The van der Waals surface area contributed by atoms with Crippen LogP contribution >= 0.6 is 27.5 Å². The summed E-state index contributed by atoms with van der Waals surface area (Å²) in [5.41, 5.74) is 18.4. The van der Waals surface area contributed by atoms with Gasteiger partial charge in [-0.2, -0.15) is 0 Å². The molecule has 0 aliphatic heterocycles. The van der Waals surface area contributed by atoms with E-state index in [9.17, 15) is 9.59 Å². The van der Waals surface area contributed by atoms with Crippen LogP contribution < -0.4 is 4.74 Å².